The highest BCUT2D eigenvalue weighted by molar-refractivity contribution is 6.10. The SMILES string of the molecule is c1ccc(-c2ccc(N(c3ccc(-c4ccccc4)c(-c4cccc5ccccc45)c3)c3ccccc3-c3ccccc3-n3c4ccccc4c4ccccc43)c(-c3ccccc3)c2)cc1. The van der Waals surface area contributed by atoms with Gasteiger partial charge in [-0.25, -0.2) is 0 Å². The third-order valence-electron chi connectivity index (χ3n) is 13.0. The minimum atomic E-state index is 1.06. The molecule has 0 saturated heterocycles. The summed E-state index contributed by atoms with van der Waals surface area (Å²) in [7, 11) is 0. The van der Waals surface area contributed by atoms with Gasteiger partial charge < -0.3 is 9.47 Å². The van der Waals surface area contributed by atoms with Crippen molar-refractivity contribution < 1.29 is 0 Å². The Kier molecular flexibility index (Phi) is 9.89. The Morgan fingerprint density at radius 2 is 0.773 bits per heavy atom. The maximum Gasteiger partial charge on any atom is 0.0541 e. The summed E-state index contributed by atoms with van der Waals surface area (Å²) < 4.78 is 2.44. The molecule has 11 aromatic carbocycles. The van der Waals surface area contributed by atoms with Crippen LogP contribution in [0, 0.1) is 0 Å². The standard InChI is InChI=1S/C64H44N2/c1-4-21-45(22-5-1)49-39-42-64(58(43-49)48-25-8-3-9-26-48)65(50-40-41-52(46-23-6-2-7-24-46)59(44-50)53-34-20-28-47-27-10-11-29-51(47)53)60-35-16-12-30-54(60)55-31-13-17-36-61(55)66-62-37-18-14-32-56(62)57-33-15-19-38-63(57)66/h1-44H. The first kappa shape index (κ1) is 38.9. The van der Waals surface area contributed by atoms with Gasteiger partial charge in [0.1, 0.15) is 0 Å². The van der Waals surface area contributed by atoms with Gasteiger partial charge in [0.25, 0.3) is 0 Å². The van der Waals surface area contributed by atoms with Crippen LogP contribution < -0.4 is 4.90 Å². The lowest BCUT2D eigenvalue weighted by Crippen LogP contribution is -2.13. The number of aromatic nitrogens is 1. The highest BCUT2D eigenvalue weighted by Crippen LogP contribution is 2.49. The first-order valence-corrected chi connectivity index (χ1v) is 22.7. The van der Waals surface area contributed by atoms with Crippen LogP contribution in [0.2, 0.25) is 0 Å². The molecule has 0 fully saturated rings. The van der Waals surface area contributed by atoms with Gasteiger partial charge in [0, 0.05) is 33.2 Å². The van der Waals surface area contributed by atoms with E-state index in [2.05, 4.69) is 276 Å². The van der Waals surface area contributed by atoms with E-state index in [0.717, 1.165) is 45.0 Å². The summed E-state index contributed by atoms with van der Waals surface area (Å²) in [5, 5.41) is 4.91. The summed E-state index contributed by atoms with van der Waals surface area (Å²) in [5.74, 6) is 0. The normalized spacial score (nSPS) is 11.3. The van der Waals surface area contributed by atoms with E-state index >= 15 is 0 Å². The first-order chi connectivity index (χ1) is 32.8. The van der Waals surface area contributed by atoms with Crippen molar-refractivity contribution in [2.75, 3.05) is 4.90 Å². The van der Waals surface area contributed by atoms with E-state index in [0.29, 0.717) is 0 Å². The summed E-state index contributed by atoms with van der Waals surface area (Å²) in [6.45, 7) is 0. The second-order valence-corrected chi connectivity index (χ2v) is 16.8. The van der Waals surface area contributed by atoms with Gasteiger partial charge in [-0.2, -0.15) is 0 Å². The molecule has 2 nitrogen and oxygen atoms in total. The van der Waals surface area contributed by atoms with Crippen molar-refractivity contribution in [2.24, 2.45) is 0 Å². The van der Waals surface area contributed by atoms with Crippen LogP contribution in [0.1, 0.15) is 0 Å². The summed E-state index contributed by atoms with van der Waals surface area (Å²) in [4.78, 5) is 2.50. The van der Waals surface area contributed by atoms with E-state index in [1.165, 1.54) is 66.0 Å². The van der Waals surface area contributed by atoms with E-state index in [-0.39, 0.29) is 0 Å². The number of hydrogen-bond donors (Lipinski definition) is 0. The Hall–Kier alpha value is -8.72. The summed E-state index contributed by atoms with van der Waals surface area (Å²) in [6.07, 6.45) is 0. The highest BCUT2D eigenvalue weighted by atomic mass is 15.1. The molecule has 310 valence electrons. The molecule has 66 heavy (non-hydrogen) atoms. The molecule has 12 aromatic rings. The van der Waals surface area contributed by atoms with Gasteiger partial charge in [-0.1, -0.05) is 218 Å². The summed E-state index contributed by atoms with van der Waals surface area (Å²) >= 11 is 0. The van der Waals surface area contributed by atoms with Gasteiger partial charge in [-0.05, 0) is 98.2 Å². The predicted octanol–water partition coefficient (Wildman–Crippen LogP) is 17.7. The zero-order valence-electron chi connectivity index (χ0n) is 36.3. The number of anilines is 3. The second kappa shape index (κ2) is 16.8. The largest absolute Gasteiger partial charge is 0.309 e. The fourth-order valence-corrected chi connectivity index (χ4v) is 10.00. The average Bonchev–Trinajstić information content (AvgIpc) is 3.74. The van der Waals surface area contributed by atoms with Crippen LogP contribution in [0.3, 0.4) is 0 Å². The fourth-order valence-electron chi connectivity index (χ4n) is 10.00. The third-order valence-corrected chi connectivity index (χ3v) is 13.0. The molecule has 0 aliphatic carbocycles. The average molecular weight is 841 g/mol. The van der Waals surface area contributed by atoms with Gasteiger partial charge in [0.2, 0.25) is 0 Å². The van der Waals surface area contributed by atoms with Crippen molar-refractivity contribution in [1.29, 1.82) is 0 Å². The van der Waals surface area contributed by atoms with Crippen molar-refractivity contribution in [3.8, 4) is 61.3 Å². The highest BCUT2D eigenvalue weighted by Gasteiger charge is 2.25. The number of para-hydroxylation sites is 4. The lowest BCUT2D eigenvalue weighted by atomic mass is 9.90. The molecule has 0 aliphatic rings. The Labute approximate surface area is 385 Å². The second-order valence-electron chi connectivity index (χ2n) is 16.8. The van der Waals surface area contributed by atoms with Gasteiger partial charge in [0.05, 0.1) is 28.1 Å². The van der Waals surface area contributed by atoms with Crippen LogP contribution in [0.15, 0.2) is 267 Å². The molecule has 0 spiro atoms. The van der Waals surface area contributed by atoms with E-state index in [9.17, 15) is 0 Å². The molecule has 12 rings (SSSR count). The van der Waals surface area contributed by atoms with E-state index in [4.69, 9.17) is 0 Å². The number of benzene rings is 11. The van der Waals surface area contributed by atoms with Crippen molar-refractivity contribution in [1.82, 2.24) is 4.57 Å². The Balaban J connectivity index is 1.16. The fraction of sp³-hybridized carbons (Fsp3) is 0. The lowest BCUT2D eigenvalue weighted by molar-refractivity contribution is 1.18. The molecule has 0 atom stereocenters. The molecule has 1 heterocycles. The minimum absolute atomic E-state index is 1.06. The Morgan fingerprint density at radius 1 is 0.258 bits per heavy atom. The summed E-state index contributed by atoms with van der Waals surface area (Å²) in [6, 6.07) is 97.1. The van der Waals surface area contributed by atoms with Crippen LogP contribution in [0.25, 0.3) is 93.9 Å². The molecule has 0 N–H and O–H groups in total. The van der Waals surface area contributed by atoms with Crippen LogP contribution >= 0.6 is 0 Å². The van der Waals surface area contributed by atoms with Gasteiger partial charge in [-0.3, -0.25) is 0 Å². The zero-order valence-corrected chi connectivity index (χ0v) is 36.3. The van der Waals surface area contributed by atoms with Crippen LogP contribution in [0.5, 0.6) is 0 Å². The van der Waals surface area contributed by atoms with Crippen molar-refractivity contribution >= 4 is 49.6 Å². The number of nitrogens with zero attached hydrogens (tertiary/aromatic N) is 2. The Morgan fingerprint density at radius 3 is 1.48 bits per heavy atom. The van der Waals surface area contributed by atoms with Gasteiger partial charge >= 0.3 is 0 Å². The molecular weight excluding hydrogens is 797 g/mol. The van der Waals surface area contributed by atoms with E-state index < -0.39 is 0 Å². The van der Waals surface area contributed by atoms with Gasteiger partial charge in [0.15, 0.2) is 0 Å². The quantitative estimate of drug-likeness (QED) is 0.141. The monoisotopic (exact) mass is 840 g/mol. The summed E-state index contributed by atoms with van der Waals surface area (Å²) in [5.41, 5.74) is 18.3. The lowest BCUT2D eigenvalue weighted by Gasteiger charge is -2.31. The molecule has 0 aliphatic heterocycles. The topological polar surface area (TPSA) is 8.17 Å². The van der Waals surface area contributed by atoms with E-state index in [1.54, 1.807) is 0 Å². The van der Waals surface area contributed by atoms with Crippen molar-refractivity contribution in [3.63, 3.8) is 0 Å². The van der Waals surface area contributed by atoms with E-state index in [1.807, 2.05) is 0 Å². The maximum atomic E-state index is 2.50. The molecule has 0 saturated carbocycles. The minimum Gasteiger partial charge on any atom is -0.309 e. The molecule has 0 unspecified atom stereocenters. The third kappa shape index (κ3) is 6.84. The molecule has 0 radical (unpaired) electrons. The van der Waals surface area contributed by atoms with Crippen molar-refractivity contribution in [3.05, 3.63) is 267 Å². The molecule has 0 bridgehead atoms. The maximum absolute atomic E-state index is 2.50. The van der Waals surface area contributed by atoms with Crippen LogP contribution in [-0.4, -0.2) is 4.57 Å². The van der Waals surface area contributed by atoms with Crippen molar-refractivity contribution in [2.45, 2.75) is 0 Å². The molecular formula is C64H44N2. The smallest absolute Gasteiger partial charge is 0.0541 e. The predicted molar refractivity (Wildman–Crippen MR) is 280 cm³/mol. The van der Waals surface area contributed by atoms with Crippen LogP contribution in [-0.2, 0) is 0 Å². The Bertz CT molecular complexity index is 3640. The van der Waals surface area contributed by atoms with Crippen LogP contribution in [0.4, 0.5) is 17.1 Å². The molecule has 0 amide bonds. The molecule has 1 aromatic heterocycles. The number of hydrogen-bond acceptors (Lipinski definition) is 1. The van der Waals surface area contributed by atoms with Gasteiger partial charge in [-0.15, -0.1) is 0 Å². The number of rotatable bonds is 9. The number of fused-ring (bicyclic) bond motifs is 4. The zero-order chi connectivity index (χ0) is 43.8. The molecule has 2 heteroatoms. The first-order valence-electron chi connectivity index (χ1n) is 22.7.